The third-order valence-corrected chi connectivity index (χ3v) is 4.91. The molecule has 0 N–H and O–H groups in total. The van der Waals surface area contributed by atoms with Gasteiger partial charge in [-0.15, -0.1) is 0 Å². The van der Waals surface area contributed by atoms with Crippen LogP contribution >= 0.6 is 0 Å². The molecule has 2 aliphatic carbocycles. The molecular formula is C18H22O2. The SMILES string of the molecule is C[C@]12CC=C(COCc3ccccc3)[C@H]1CC(=O)CC2. The van der Waals surface area contributed by atoms with Crippen LogP contribution in [-0.4, -0.2) is 12.4 Å². The summed E-state index contributed by atoms with van der Waals surface area (Å²) in [6.45, 7) is 3.64. The molecule has 2 atom stereocenters. The first kappa shape index (κ1) is 13.6. The molecule has 1 saturated carbocycles. The molecule has 1 fully saturated rings. The number of carbonyl (C=O) groups excluding carboxylic acids is 1. The Labute approximate surface area is 120 Å². The van der Waals surface area contributed by atoms with E-state index in [-0.39, 0.29) is 0 Å². The summed E-state index contributed by atoms with van der Waals surface area (Å²) in [4.78, 5) is 11.7. The Morgan fingerprint density at radius 3 is 2.85 bits per heavy atom. The van der Waals surface area contributed by atoms with Gasteiger partial charge in [-0.2, -0.15) is 0 Å². The van der Waals surface area contributed by atoms with Gasteiger partial charge in [0.25, 0.3) is 0 Å². The average molecular weight is 270 g/mol. The van der Waals surface area contributed by atoms with Crippen molar-refractivity contribution in [2.45, 2.75) is 39.2 Å². The van der Waals surface area contributed by atoms with Crippen LogP contribution in [-0.2, 0) is 16.1 Å². The highest BCUT2D eigenvalue weighted by Gasteiger charge is 2.43. The highest BCUT2D eigenvalue weighted by Crippen LogP contribution is 2.50. The Morgan fingerprint density at radius 1 is 1.25 bits per heavy atom. The van der Waals surface area contributed by atoms with Crippen molar-refractivity contribution in [3.63, 3.8) is 0 Å². The molecule has 0 amide bonds. The van der Waals surface area contributed by atoms with E-state index in [0.29, 0.717) is 30.3 Å². The summed E-state index contributed by atoms with van der Waals surface area (Å²) in [5, 5.41) is 0. The van der Waals surface area contributed by atoms with Crippen LogP contribution in [0.1, 0.15) is 38.2 Å². The normalized spacial score (nSPS) is 29.1. The summed E-state index contributed by atoms with van der Waals surface area (Å²) in [6, 6.07) is 10.2. The summed E-state index contributed by atoms with van der Waals surface area (Å²) < 4.78 is 5.85. The molecule has 0 saturated heterocycles. The predicted molar refractivity (Wildman–Crippen MR) is 79.3 cm³/mol. The van der Waals surface area contributed by atoms with Crippen LogP contribution < -0.4 is 0 Å². The van der Waals surface area contributed by atoms with E-state index in [0.717, 1.165) is 25.7 Å². The Bertz CT molecular complexity index is 517. The smallest absolute Gasteiger partial charge is 0.133 e. The second-order valence-corrected chi connectivity index (χ2v) is 6.41. The van der Waals surface area contributed by atoms with Crippen molar-refractivity contribution in [3.8, 4) is 0 Å². The maximum Gasteiger partial charge on any atom is 0.133 e. The van der Waals surface area contributed by atoms with E-state index in [1.54, 1.807) is 0 Å². The largest absolute Gasteiger partial charge is 0.372 e. The third kappa shape index (κ3) is 2.71. The number of fused-ring (bicyclic) bond motifs is 1. The molecule has 0 aliphatic heterocycles. The van der Waals surface area contributed by atoms with Crippen molar-refractivity contribution < 1.29 is 9.53 Å². The minimum atomic E-state index is 0.305. The van der Waals surface area contributed by atoms with Crippen molar-refractivity contribution in [2.75, 3.05) is 6.61 Å². The number of ether oxygens (including phenoxy) is 1. The van der Waals surface area contributed by atoms with Gasteiger partial charge in [-0.3, -0.25) is 4.79 Å². The highest BCUT2D eigenvalue weighted by atomic mass is 16.5. The fraction of sp³-hybridized carbons (Fsp3) is 0.500. The zero-order valence-corrected chi connectivity index (χ0v) is 12.1. The van der Waals surface area contributed by atoms with E-state index in [4.69, 9.17) is 4.74 Å². The molecule has 0 bridgehead atoms. The molecule has 2 nitrogen and oxygen atoms in total. The molecule has 0 radical (unpaired) electrons. The fourth-order valence-corrected chi connectivity index (χ4v) is 3.53. The Kier molecular flexibility index (Phi) is 3.75. The molecule has 2 aliphatic rings. The van der Waals surface area contributed by atoms with E-state index >= 15 is 0 Å². The summed E-state index contributed by atoms with van der Waals surface area (Å²) in [7, 11) is 0. The van der Waals surface area contributed by atoms with Crippen LogP contribution in [0.25, 0.3) is 0 Å². The van der Waals surface area contributed by atoms with Crippen molar-refractivity contribution >= 4 is 5.78 Å². The number of ketones is 1. The van der Waals surface area contributed by atoms with Gasteiger partial charge < -0.3 is 4.74 Å². The first-order valence-corrected chi connectivity index (χ1v) is 7.50. The monoisotopic (exact) mass is 270 g/mol. The number of benzene rings is 1. The van der Waals surface area contributed by atoms with Gasteiger partial charge in [0.1, 0.15) is 5.78 Å². The van der Waals surface area contributed by atoms with Crippen LogP contribution in [0.15, 0.2) is 42.0 Å². The summed E-state index contributed by atoms with van der Waals surface area (Å²) in [5.41, 5.74) is 2.85. The van der Waals surface area contributed by atoms with Gasteiger partial charge in [0.2, 0.25) is 0 Å². The maximum atomic E-state index is 11.7. The lowest BCUT2D eigenvalue weighted by atomic mass is 9.67. The molecule has 2 heteroatoms. The average Bonchev–Trinajstić information content (AvgIpc) is 2.78. The van der Waals surface area contributed by atoms with Crippen molar-refractivity contribution in [2.24, 2.45) is 11.3 Å². The number of Topliss-reactive ketones (excluding diaryl/α,β-unsaturated/α-hetero) is 1. The quantitative estimate of drug-likeness (QED) is 0.775. The third-order valence-electron chi connectivity index (χ3n) is 4.91. The van der Waals surface area contributed by atoms with Crippen LogP contribution in [0, 0.1) is 11.3 Å². The minimum Gasteiger partial charge on any atom is -0.372 e. The Morgan fingerprint density at radius 2 is 2.05 bits per heavy atom. The molecule has 1 aromatic rings. The van der Waals surface area contributed by atoms with Gasteiger partial charge in [-0.1, -0.05) is 43.3 Å². The molecule has 1 aromatic carbocycles. The zero-order chi connectivity index (χ0) is 14.0. The summed E-state index contributed by atoms with van der Waals surface area (Å²) in [6.07, 6.45) is 5.94. The van der Waals surface area contributed by atoms with Crippen LogP contribution in [0.4, 0.5) is 0 Å². The van der Waals surface area contributed by atoms with Gasteiger partial charge in [-0.25, -0.2) is 0 Å². The lowest BCUT2D eigenvalue weighted by Gasteiger charge is -2.37. The van der Waals surface area contributed by atoms with Crippen LogP contribution in [0.5, 0.6) is 0 Å². The number of hydrogen-bond donors (Lipinski definition) is 0. The number of allylic oxidation sites excluding steroid dienone is 1. The minimum absolute atomic E-state index is 0.305. The highest BCUT2D eigenvalue weighted by molar-refractivity contribution is 5.80. The molecule has 3 rings (SSSR count). The Balaban J connectivity index is 1.57. The molecule has 0 aromatic heterocycles. The fourth-order valence-electron chi connectivity index (χ4n) is 3.53. The number of hydrogen-bond acceptors (Lipinski definition) is 2. The van der Waals surface area contributed by atoms with E-state index < -0.39 is 0 Å². The topological polar surface area (TPSA) is 26.3 Å². The molecule has 0 heterocycles. The maximum absolute atomic E-state index is 11.7. The summed E-state index contributed by atoms with van der Waals surface area (Å²) >= 11 is 0. The summed E-state index contributed by atoms with van der Waals surface area (Å²) in [5.74, 6) is 0.836. The number of rotatable bonds is 4. The molecule has 20 heavy (non-hydrogen) atoms. The Hall–Kier alpha value is -1.41. The van der Waals surface area contributed by atoms with Crippen molar-refractivity contribution in [3.05, 3.63) is 47.5 Å². The zero-order valence-electron chi connectivity index (χ0n) is 12.1. The van der Waals surface area contributed by atoms with E-state index in [1.165, 1.54) is 11.1 Å². The van der Waals surface area contributed by atoms with Crippen LogP contribution in [0.3, 0.4) is 0 Å². The predicted octanol–water partition coefficient (Wildman–Crippen LogP) is 3.91. The second kappa shape index (κ2) is 5.53. The van der Waals surface area contributed by atoms with Gasteiger partial charge in [-0.05, 0) is 35.3 Å². The van der Waals surface area contributed by atoms with Crippen LogP contribution in [0.2, 0.25) is 0 Å². The van der Waals surface area contributed by atoms with Crippen molar-refractivity contribution in [1.29, 1.82) is 0 Å². The van der Waals surface area contributed by atoms with Gasteiger partial charge >= 0.3 is 0 Å². The molecule has 0 unspecified atom stereocenters. The van der Waals surface area contributed by atoms with Crippen molar-refractivity contribution in [1.82, 2.24) is 0 Å². The lowest BCUT2D eigenvalue weighted by molar-refractivity contribution is -0.123. The van der Waals surface area contributed by atoms with Gasteiger partial charge in [0.05, 0.1) is 13.2 Å². The van der Waals surface area contributed by atoms with E-state index in [1.807, 2.05) is 18.2 Å². The van der Waals surface area contributed by atoms with Gasteiger partial charge in [0.15, 0.2) is 0 Å². The second-order valence-electron chi connectivity index (χ2n) is 6.41. The van der Waals surface area contributed by atoms with E-state index in [2.05, 4.69) is 25.1 Å². The lowest BCUT2D eigenvalue weighted by Crippen LogP contribution is -2.32. The molecule has 0 spiro atoms. The first-order chi connectivity index (χ1) is 9.67. The molecular weight excluding hydrogens is 248 g/mol. The number of carbonyl (C=O) groups is 1. The van der Waals surface area contributed by atoms with E-state index in [9.17, 15) is 4.79 Å². The standard InChI is InChI=1S/C18H22O2/c1-18-9-7-15(17(18)11-16(19)8-10-18)13-20-12-14-5-3-2-4-6-14/h2-7,17H,8-13H2,1H3/t17-,18-/m1/s1. The van der Waals surface area contributed by atoms with Gasteiger partial charge in [0, 0.05) is 12.8 Å². The molecule has 106 valence electrons. The first-order valence-electron chi connectivity index (χ1n) is 7.50.